The van der Waals surface area contributed by atoms with E-state index in [-0.39, 0.29) is 25.0 Å². The summed E-state index contributed by atoms with van der Waals surface area (Å²) in [5.41, 5.74) is 2.58. The van der Waals surface area contributed by atoms with Gasteiger partial charge in [0.15, 0.2) is 28.8 Å². The van der Waals surface area contributed by atoms with E-state index in [4.69, 9.17) is 28.4 Å². The van der Waals surface area contributed by atoms with Crippen molar-refractivity contribution in [3.05, 3.63) is 34.9 Å². The van der Waals surface area contributed by atoms with Crippen molar-refractivity contribution in [2.24, 2.45) is 0 Å². The van der Waals surface area contributed by atoms with Crippen LogP contribution in [0.25, 0.3) is 0 Å². The summed E-state index contributed by atoms with van der Waals surface area (Å²) in [6.45, 7) is 0.989. The number of hydrogen-bond acceptors (Lipinski definition) is 8. The molecule has 166 valence electrons. The van der Waals surface area contributed by atoms with E-state index in [2.05, 4.69) is 4.90 Å². The van der Waals surface area contributed by atoms with Crippen LogP contribution in [0.2, 0.25) is 0 Å². The normalized spacial score (nSPS) is 17.1. The second-order valence-electron chi connectivity index (χ2n) is 7.50. The Labute approximate surface area is 181 Å². The third-order valence-corrected chi connectivity index (χ3v) is 5.91. The minimum absolute atomic E-state index is 0.0383. The van der Waals surface area contributed by atoms with Crippen LogP contribution >= 0.6 is 0 Å². The predicted molar refractivity (Wildman–Crippen MR) is 113 cm³/mol. The van der Waals surface area contributed by atoms with Gasteiger partial charge in [-0.3, -0.25) is 9.69 Å². The first-order chi connectivity index (χ1) is 15.0. The van der Waals surface area contributed by atoms with E-state index < -0.39 is 0 Å². The van der Waals surface area contributed by atoms with E-state index in [0.29, 0.717) is 40.1 Å². The third-order valence-electron chi connectivity index (χ3n) is 5.91. The van der Waals surface area contributed by atoms with Crippen molar-refractivity contribution in [1.82, 2.24) is 4.90 Å². The summed E-state index contributed by atoms with van der Waals surface area (Å²) in [5.74, 6) is 3.24. The lowest BCUT2D eigenvalue weighted by Gasteiger charge is -2.35. The van der Waals surface area contributed by atoms with Gasteiger partial charge in [-0.25, -0.2) is 0 Å². The Morgan fingerprint density at radius 1 is 1.00 bits per heavy atom. The molecule has 4 rings (SSSR count). The van der Waals surface area contributed by atoms with E-state index in [1.807, 2.05) is 13.1 Å². The maximum absolute atomic E-state index is 13.4. The summed E-state index contributed by atoms with van der Waals surface area (Å²) in [7, 11) is 8.23. The molecule has 2 aliphatic heterocycles. The van der Waals surface area contributed by atoms with Gasteiger partial charge in [-0.15, -0.1) is 0 Å². The molecular weight excluding hydrogens is 402 g/mol. The maximum atomic E-state index is 13.4. The second kappa shape index (κ2) is 8.55. The molecule has 0 spiro atoms. The minimum Gasteiger partial charge on any atom is -0.493 e. The Bertz CT molecular complexity index is 979. The molecule has 0 unspecified atom stereocenters. The van der Waals surface area contributed by atoms with Crippen LogP contribution in [0.3, 0.4) is 0 Å². The zero-order chi connectivity index (χ0) is 22.1. The number of ether oxygens (including phenoxy) is 6. The molecule has 0 radical (unpaired) electrons. The predicted octanol–water partition coefficient (Wildman–Crippen LogP) is 3.25. The van der Waals surface area contributed by atoms with Gasteiger partial charge in [0.25, 0.3) is 0 Å². The van der Waals surface area contributed by atoms with Crippen LogP contribution in [0.1, 0.15) is 33.9 Å². The van der Waals surface area contributed by atoms with Crippen molar-refractivity contribution in [2.75, 3.05) is 48.8 Å². The number of nitrogens with zero attached hydrogens (tertiary/aromatic N) is 1. The highest BCUT2D eigenvalue weighted by Gasteiger charge is 2.35. The topological polar surface area (TPSA) is 75.7 Å². The zero-order valence-electron chi connectivity index (χ0n) is 18.4. The Morgan fingerprint density at radius 3 is 2.29 bits per heavy atom. The molecule has 0 bridgehead atoms. The van der Waals surface area contributed by atoms with E-state index in [9.17, 15) is 4.79 Å². The summed E-state index contributed by atoms with van der Waals surface area (Å²) in [6.07, 6.45) is 1.10. The number of methoxy groups -OCH3 is 4. The molecule has 8 nitrogen and oxygen atoms in total. The summed E-state index contributed by atoms with van der Waals surface area (Å²) in [5, 5.41) is 0. The van der Waals surface area contributed by atoms with Gasteiger partial charge in [0.05, 0.1) is 28.4 Å². The smallest absolute Gasteiger partial charge is 0.231 e. The molecule has 2 aliphatic rings. The molecule has 0 amide bonds. The lowest BCUT2D eigenvalue weighted by molar-refractivity contribution is 0.0924. The van der Waals surface area contributed by atoms with Gasteiger partial charge in [-0.1, -0.05) is 0 Å². The number of carbonyl (C=O) groups is 1. The molecule has 2 aromatic rings. The van der Waals surface area contributed by atoms with Crippen molar-refractivity contribution >= 4 is 5.78 Å². The molecule has 2 aromatic carbocycles. The van der Waals surface area contributed by atoms with Crippen molar-refractivity contribution < 1.29 is 33.2 Å². The summed E-state index contributed by atoms with van der Waals surface area (Å²) >= 11 is 0. The van der Waals surface area contributed by atoms with Crippen molar-refractivity contribution in [3.63, 3.8) is 0 Å². The number of ketones is 1. The number of hydrogen-bond donors (Lipinski definition) is 0. The van der Waals surface area contributed by atoms with Crippen molar-refractivity contribution in [3.8, 4) is 34.5 Å². The van der Waals surface area contributed by atoms with Gasteiger partial charge in [-0.05, 0) is 37.2 Å². The number of benzene rings is 2. The van der Waals surface area contributed by atoms with E-state index in [0.717, 1.165) is 24.1 Å². The first-order valence-electron chi connectivity index (χ1n) is 10.0. The molecule has 0 aliphatic carbocycles. The first kappa shape index (κ1) is 21.1. The lowest BCUT2D eigenvalue weighted by atomic mass is 9.87. The molecule has 0 saturated heterocycles. The largest absolute Gasteiger partial charge is 0.493 e. The monoisotopic (exact) mass is 429 g/mol. The van der Waals surface area contributed by atoms with Crippen molar-refractivity contribution in [1.29, 1.82) is 0 Å². The fraction of sp³-hybridized carbons (Fsp3) is 0.435. The number of carbonyl (C=O) groups excluding carboxylic acids is 1. The molecule has 2 heterocycles. The molecule has 0 N–H and O–H groups in total. The highest BCUT2D eigenvalue weighted by Crippen LogP contribution is 2.50. The molecular formula is C23H27NO7. The average molecular weight is 429 g/mol. The van der Waals surface area contributed by atoms with Crippen LogP contribution < -0.4 is 28.4 Å². The Morgan fingerprint density at radius 2 is 1.68 bits per heavy atom. The highest BCUT2D eigenvalue weighted by molar-refractivity contribution is 5.98. The summed E-state index contributed by atoms with van der Waals surface area (Å²) in [6, 6.07) is 5.21. The summed E-state index contributed by atoms with van der Waals surface area (Å²) < 4.78 is 33.1. The number of rotatable bonds is 7. The SMILES string of the molecule is COc1cc(C(=O)C[C@H]2c3c(cc4c(c3OC)OCO4)CCN2C)cc(OC)c1OC. The van der Waals surface area contributed by atoms with Crippen LogP contribution in [-0.2, 0) is 6.42 Å². The standard InChI is InChI=1S/C23H27NO7/c1-24-7-6-13-8-19-22(31-12-30-19)23(29-5)20(13)15(24)11-16(25)14-9-17(26-2)21(28-4)18(10-14)27-3/h8-10,15H,6-7,11-12H2,1-5H3/t15-/m0/s1. The fourth-order valence-corrected chi connectivity index (χ4v) is 4.32. The molecule has 8 heteroatoms. The van der Waals surface area contributed by atoms with Gasteiger partial charge in [-0.2, -0.15) is 0 Å². The average Bonchev–Trinajstić information content (AvgIpc) is 3.26. The Balaban J connectivity index is 1.72. The van der Waals surface area contributed by atoms with Crippen LogP contribution in [0.15, 0.2) is 18.2 Å². The van der Waals surface area contributed by atoms with Gasteiger partial charge in [0.1, 0.15) is 0 Å². The van der Waals surface area contributed by atoms with E-state index in [1.165, 1.54) is 21.3 Å². The Hall–Kier alpha value is -3.13. The lowest BCUT2D eigenvalue weighted by Crippen LogP contribution is -2.34. The number of fused-ring (bicyclic) bond motifs is 2. The van der Waals surface area contributed by atoms with Crippen LogP contribution in [0, 0.1) is 0 Å². The van der Waals surface area contributed by atoms with Crippen LogP contribution in [0.4, 0.5) is 0 Å². The molecule has 0 saturated carbocycles. The molecule has 31 heavy (non-hydrogen) atoms. The molecule has 1 atom stereocenters. The highest BCUT2D eigenvalue weighted by atomic mass is 16.7. The summed E-state index contributed by atoms with van der Waals surface area (Å²) in [4.78, 5) is 15.5. The minimum atomic E-state index is -0.167. The fourth-order valence-electron chi connectivity index (χ4n) is 4.32. The van der Waals surface area contributed by atoms with Gasteiger partial charge >= 0.3 is 0 Å². The van der Waals surface area contributed by atoms with Crippen LogP contribution in [-0.4, -0.2) is 59.5 Å². The van der Waals surface area contributed by atoms with Crippen molar-refractivity contribution in [2.45, 2.75) is 18.9 Å². The maximum Gasteiger partial charge on any atom is 0.231 e. The van der Waals surface area contributed by atoms with Gasteiger partial charge in [0.2, 0.25) is 18.3 Å². The van der Waals surface area contributed by atoms with Crippen LogP contribution in [0.5, 0.6) is 34.5 Å². The zero-order valence-corrected chi connectivity index (χ0v) is 18.4. The molecule has 0 fully saturated rings. The molecule has 0 aromatic heterocycles. The van der Waals surface area contributed by atoms with Gasteiger partial charge in [0, 0.05) is 30.1 Å². The van der Waals surface area contributed by atoms with E-state index >= 15 is 0 Å². The number of Topliss-reactive ketones (excluding diaryl/α,β-unsaturated/α-hetero) is 1. The van der Waals surface area contributed by atoms with Gasteiger partial charge < -0.3 is 28.4 Å². The van der Waals surface area contributed by atoms with E-state index in [1.54, 1.807) is 19.2 Å². The number of likely N-dealkylation sites (N-methyl/N-ethyl adjacent to an activating group) is 1. The second-order valence-corrected chi connectivity index (χ2v) is 7.50. The quantitative estimate of drug-likeness (QED) is 0.621. The third kappa shape index (κ3) is 3.61. The first-order valence-corrected chi connectivity index (χ1v) is 10.0. The Kier molecular flexibility index (Phi) is 5.82.